The van der Waals surface area contributed by atoms with Gasteiger partial charge in [0.25, 0.3) is 0 Å². The lowest BCUT2D eigenvalue weighted by Gasteiger charge is -2.31. The Labute approximate surface area is 137 Å². The molecule has 3 heterocycles. The predicted molar refractivity (Wildman–Crippen MR) is 77.3 cm³/mol. The molecule has 0 spiro atoms. The maximum Gasteiger partial charge on any atom is 0.414 e. The molecular formula is C15H22F3N3O3. The lowest BCUT2D eigenvalue weighted by atomic mass is 9.90. The second-order valence-corrected chi connectivity index (χ2v) is 6.66. The van der Waals surface area contributed by atoms with E-state index in [1.54, 1.807) is 6.20 Å². The third-order valence-corrected chi connectivity index (χ3v) is 4.62. The normalized spacial score (nSPS) is 28.0. The van der Waals surface area contributed by atoms with Crippen molar-refractivity contribution in [1.29, 1.82) is 0 Å². The molecule has 0 amide bonds. The Morgan fingerprint density at radius 1 is 1.29 bits per heavy atom. The number of hydrogen-bond acceptors (Lipinski definition) is 5. The highest BCUT2D eigenvalue weighted by molar-refractivity contribution is 5.00. The van der Waals surface area contributed by atoms with Crippen LogP contribution in [0.3, 0.4) is 0 Å². The molecule has 2 saturated heterocycles. The van der Waals surface area contributed by atoms with E-state index in [4.69, 9.17) is 9.47 Å². The van der Waals surface area contributed by atoms with Gasteiger partial charge < -0.3 is 14.6 Å². The second kappa shape index (κ2) is 6.97. The van der Waals surface area contributed by atoms with E-state index < -0.39 is 24.0 Å². The van der Waals surface area contributed by atoms with Crippen LogP contribution in [0.5, 0.6) is 0 Å². The first kappa shape index (κ1) is 17.6. The number of rotatable bonds is 4. The highest BCUT2D eigenvalue weighted by Gasteiger charge is 2.43. The van der Waals surface area contributed by atoms with E-state index in [-0.39, 0.29) is 13.0 Å². The molecular weight excluding hydrogens is 327 g/mol. The van der Waals surface area contributed by atoms with E-state index >= 15 is 0 Å². The van der Waals surface area contributed by atoms with E-state index in [9.17, 15) is 18.3 Å². The van der Waals surface area contributed by atoms with Gasteiger partial charge in [0.1, 0.15) is 0 Å². The summed E-state index contributed by atoms with van der Waals surface area (Å²) in [5.41, 5.74) is -0.218. The van der Waals surface area contributed by atoms with Gasteiger partial charge in [-0.3, -0.25) is 0 Å². The summed E-state index contributed by atoms with van der Waals surface area (Å²) in [7, 11) is 0. The molecule has 0 radical (unpaired) electrons. The van der Waals surface area contributed by atoms with E-state index in [1.807, 2.05) is 0 Å². The Morgan fingerprint density at radius 3 is 2.75 bits per heavy atom. The second-order valence-electron chi connectivity index (χ2n) is 6.66. The maximum absolute atomic E-state index is 12.8. The van der Waals surface area contributed by atoms with E-state index in [2.05, 4.69) is 10.3 Å². The van der Waals surface area contributed by atoms with Crippen LogP contribution < -0.4 is 0 Å². The van der Waals surface area contributed by atoms with Crippen LogP contribution in [0.2, 0.25) is 0 Å². The summed E-state index contributed by atoms with van der Waals surface area (Å²) in [6.07, 6.45) is -2.35. The summed E-state index contributed by atoms with van der Waals surface area (Å²) in [4.78, 5) is 0. The van der Waals surface area contributed by atoms with Gasteiger partial charge in [-0.1, -0.05) is 5.21 Å². The minimum Gasteiger partial charge on any atom is -0.389 e. The molecule has 2 aliphatic rings. The molecule has 24 heavy (non-hydrogen) atoms. The van der Waals surface area contributed by atoms with Crippen molar-refractivity contribution in [3.05, 3.63) is 11.9 Å². The lowest BCUT2D eigenvalue weighted by molar-refractivity contribution is -0.246. The van der Waals surface area contributed by atoms with Crippen LogP contribution in [-0.4, -0.2) is 57.3 Å². The standard InChI is InChI=1S/C15H22F3N3O3/c16-15(17,18)13-3-1-2-12(24-13)10-21-9-11(19-20-21)8-14(22)4-6-23-7-5-14/h9,12-13,22H,1-8,10H2. The van der Waals surface area contributed by atoms with Crippen LogP contribution in [0, 0.1) is 0 Å². The molecule has 3 rings (SSSR count). The molecule has 1 N–H and O–H groups in total. The Kier molecular flexibility index (Phi) is 5.12. The van der Waals surface area contributed by atoms with Gasteiger partial charge in [-0.15, -0.1) is 5.10 Å². The molecule has 2 unspecified atom stereocenters. The fourth-order valence-corrected chi connectivity index (χ4v) is 3.26. The van der Waals surface area contributed by atoms with Crippen LogP contribution in [0.25, 0.3) is 0 Å². The van der Waals surface area contributed by atoms with Crippen molar-refractivity contribution in [2.75, 3.05) is 13.2 Å². The van der Waals surface area contributed by atoms with Crippen LogP contribution in [0.4, 0.5) is 13.2 Å². The third kappa shape index (κ3) is 4.46. The molecule has 2 aliphatic heterocycles. The molecule has 9 heteroatoms. The Bertz CT molecular complexity index is 544. The van der Waals surface area contributed by atoms with Gasteiger partial charge >= 0.3 is 6.18 Å². The van der Waals surface area contributed by atoms with Gasteiger partial charge in [0.05, 0.1) is 23.9 Å². The van der Waals surface area contributed by atoms with Crippen molar-refractivity contribution >= 4 is 0 Å². The highest BCUT2D eigenvalue weighted by Crippen LogP contribution is 2.32. The predicted octanol–water partition coefficient (Wildman–Crippen LogP) is 1.86. The molecule has 6 nitrogen and oxygen atoms in total. The van der Waals surface area contributed by atoms with Crippen LogP contribution in [0.15, 0.2) is 6.20 Å². The summed E-state index contributed by atoms with van der Waals surface area (Å²) in [6.45, 7) is 1.26. The third-order valence-electron chi connectivity index (χ3n) is 4.62. The molecule has 1 aromatic rings. The molecule has 2 atom stereocenters. The average molecular weight is 349 g/mol. The number of alkyl halides is 3. The molecule has 0 saturated carbocycles. The van der Waals surface area contributed by atoms with E-state index in [0.717, 1.165) is 0 Å². The lowest BCUT2D eigenvalue weighted by Crippen LogP contribution is -2.40. The van der Waals surface area contributed by atoms with E-state index in [0.29, 0.717) is 51.0 Å². The number of aliphatic hydroxyl groups is 1. The van der Waals surface area contributed by atoms with Crippen LogP contribution in [-0.2, 0) is 22.4 Å². The summed E-state index contributed by atoms with van der Waals surface area (Å²) in [5.74, 6) is 0. The Morgan fingerprint density at radius 2 is 2.04 bits per heavy atom. The fourth-order valence-electron chi connectivity index (χ4n) is 3.26. The maximum atomic E-state index is 12.8. The SMILES string of the molecule is OC1(Cc2cn(CC3CCCC(C(F)(F)F)O3)nn2)CCOCC1. The molecule has 2 fully saturated rings. The first-order valence-corrected chi connectivity index (χ1v) is 8.25. The van der Waals surface area contributed by atoms with Crippen molar-refractivity contribution in [1.82, 2.24) is 15.0 Å². The minimum absolute atomic E-state index is 0.0116. The number of nitrogens with zero attached hydrogens (tertiary/aromatic N) is 3. The van der Waals surface area contributed by atoms with Gasteiger partial charge in [-0.25, -0.2) is 4.68 Å². The van der Waals surface area contributed by atoms with E-state index in [1.165, 1.54) is 4.68 Å². The van der Waals surface area contributed by atoms with Gasteiger partial charge in [0.15, 0.2) is 6.10 Å². The van der Waals surface area contributed by atoms with Crippen molar-refractivity contribution in [2.24, 2.45) is 0 Å². The molecule has 0 bridgehead atoms. The minimum atomic E-state index is -4.32. The first-order valence-electron chi connectivity index (χ1n) is 8.25. The zero-order chi connectivity index (χ0) is 17.2. The quantitative estimate of drug-likeness (QED) is 0.899. The summed E-state index contributed by atoms with van der Waals surface area (Å²) >= 11 is 0. The van der Waals surface area contributed by atoms with Gasteiger partial charge in [-0.2, -0.15) is 13.2 Å². The zero-order valence-corrected chi connectivity index (χ0v) is 13.3. The molecule has 0 aromatic carbocycles. The van der Waals surface area contributed by atoms with Gasteiger partial charge in [-0.05, 0) is 32.1 Å². The number of hydrogen-bond donors (Lipinski definition) is 1. The monoisotopic (exact) mass is 349 g/mol. The van der Waals surface area contributed by atoms with Crippen molar-refractivity contribution in [3.8, 4) is 0 Å². The Hall–Kier alpha value is -1.19. The highest BCUT2D eigenvalue weighted by atomic mass is 19.4. The average Bonchev–Trinajstić information content (AvgIpc) is 2.93. The zero-order valence-electron chi connectivity index (χ0n) is 13.3. The first-order chi connectivity index (χ1) is 11.3. The summed E-state index contributed by atoms with van der Waals surface area (Å²) in [6, 6.07) is 0. The number of aromatic nitrogens is 3. The largest absolute Gasteiger partial charge is 0.414 e. The molecule has 0 aliphatic carbocycles. The smallest absolute Gasteiger partial charge is 0.389 e. The fraction of sp³-hybridized carbons (Fsp3) is 0.867. The van der Waals surface area contributed by atoms with Crippen molar-refractivity contribution in [2.45, 2.75) is 69.1 Å². The number of halogens is 3. The number of ether oxygens (including phenoxy) is 2. The van der Waals surface area contributed by atoms with Crippen molar-refractivity contribution < 1.29 is 27.8 Å². The van der Waals surface area contributed by atoms with Gasteiger partial charge in [0.2, 0.25) is 0 Å². The topological polar surface area (TPSA) is 69.4 Å². The van der Waals surface area contributed by atoms with Crippen LogP contribution >= 0.6 is 0 Å². The van der Waals surface area contributed by atoms with Gasteiger partial charge in [0, 0.05) is 25.8 Å². The molecule has 136 valence electrons. The summed E-state index contributed by atoms with van der Waals surface area (Å²) in [5, 5.41) is 18.5. The van der Waals surface area contributed by atoms with Crippen LogP contribution in [0.1, 0.15) is 37.8 Å². The molecule has 1 aromatic heterocycles. The summed E-state index contributed by atoms with van der Waals surface area (Å²) < 4.78 is 50.2. The Balaban J connectivity index is 1.56. The van der Waals surface area contributed by atoms with Crippen molar-refractivity contribution in [3.63, 3.8) is 0 Å².